The molecular formula is C19H18O2. The first-order valence-corrected chi connectivity index (χ1v) is 7.00. The van der Waals surface area contributed by atoms with Crippen LogP contribution in [0, 0.1) is 0 Å². The van der Waals surface area contributed by atoms with Gasteiger partial charge in [0.05, 0.1) is 14.2 Å². The number of rotatable bonds is 4. The van der Waals surface area contributed by atoms with Crippen molar-refractivity contribution < 1.29 is 9.47 Å². The van der Waals surface area contributed by atoms with Gasteiger partial charge in [-0.2, -0.15) is 0 Å². The topological polar surface area (TPSA) is 18.5 Å². The number of hydrogen-bond acceptors (Lipinski definition) is 2. The summed E-state index contributed by atoms with van der Waals surface area (Å²) in [5, 5.41) is 0. The van der Waals surface area contributed by atoms with E-state index in [2.05, 4.69) is 36.4 Å². The molecule has 0 bridgehead atoms. The van der Waals surface area contributed by atoms with Crippen LogP contribution in [0.15, 0.2) is 60.7 Å². The molecule has 2 heteroatoms. The third-order valence-electron chi connectivity index (χ3n) is 3.77. The Kier molecular flexibility index (Phi) is 3.78. The normalized spacial score (nSPS) is 13.6. The fraction of sp³-hybridized carbons (Fsp3) is 0.158. The third kappa shape index (κ3) is 2.70. The Morgan fingerprint density at radius 1 is 0.714 bits per heavy atom. The predicted octanol–water partition coefficient (Wildman–Crippen LogP) is 4.57. The molecule has 0 unspecified atom stereocenters. The number of methoxy groups -OCH3 is 2. The Morgan fingerprint density at radius 3 is 1.76 bits per heavy atom. The zero-order valence-electron chi connectivity index (χ0n) is 12.3. The Bertz CT molecular complexity index is 677. The summed E-state index contributed by atoms with van der Waals surface area (Å²) in [7, 11) is 3.38. The monoisotopic (exact) mass is 278 g/mol. The van der Waals surface area contributed by atoms with Crippen molar-refractivity contribution >= 4 is 11.1 Å². The van der Waals surface area contributed by atoms with Gasteiger partial charge in [-0.15, -0.1) is 0 Å². The lowest BCUT2D eigenvalue weighted by Gasteiger charge is -2.10. The average Bonchev–Trinajstić information content (AvgIpc) is 3.04. The lowest BCUT2D eigenvalue weighted by molar-refractivity contribution is 0.414. The molecule has 2 nitrogen and oxygen atoms in total. The molecule has 2 aromatic rings. The molecule has 0 spiro atoms. The van der Waals surface area contributed by atoms with E-state index < -0.39 is 0 Å². The fourth-order valence-corrected chi connectivity index (χ4v) is 2.61. The molecule has 3 rings (SSSR count). The van der Waals surface area contributed by atoms with Crippen molar-refractivity contribution in [1.29, 1.82) is 0 Å². The summed E-state index contributed by atoms with van der Waals surface area (Å²) in [6.07, 6.45) is 5.37. The van der Waals surface area contributed by atoms with Crippen molar-refractivity contribution in [2.24, 2.45) is 0 Å². The molecule has 0 N–H and O–H groups in total. The second-order valence-electron chi connectivity index (χ2n) is 4.96. The molecule has 21 heavy (non-hydrogen) atoms. The molecule has 0 fully saturated rings. The van der Waals surface area contributed by atoms with Crippen LogP contribution in [-0.2, 0) is 0 Å². The number of ether oxygens (including phenoxy) is 2. The van der Waals surface area contributed by atoms with Crippen molar-refractivity contribution in [2.75, 3.05) is 14.2 Å². The van der Waals surface area contributed by atoms with E-state index in [9.17, 15) is 0 Å². The number of benzene rings is 2. The highest BCUT2D eigenvalue weighted by Crippen LogP contribution is 2.36. The van der Waals surface area contributed by atoms with Gasteiger partial charge in [0.2, 0.25) is 0 Å². The van der Waals surface area contributed by atoms with Gasteiger partial charge in [0, 0.05) is 0 Å². The molecule has 0 radical (unpaired) electrons. The van der Waals surface area contributed by atoms with Crippen LogP contribution in [0.3, 0.4) is 0 Å². The molecule has 0 aliphatic heterocycles. The molecule has 106 valence electrons. The molecule has 1 aliphatic carbocycles. The zero-order valence-corrected chi connectivity index (χ0v) is 12.3. The van der Waals surface area contributed by atoms with Crippen LogP contribution in [0.5, 0.6) is 11.5 Å². The second kappa shape index (κ2) is 5.88. The van der Waals surface area contributed by atoms with Crippen LogP contribution >= 0.6 is 0 Å². The summed E-state index contributed by atoms with van der Waals surface area (Å²) in [4.78, 5) is 0. The molecular weight excluding hydrogens is 260 g/mol. The molecule has 2 aromatic carbocycles. The van der Waals surface area contributed by atoms with Gasteiger partial charge in [0.15, 0.2) is 0 Å². The van der Waals surface area contributed by atoms with Crippen molar-refractivity contribution in [3.05, 3.63) is 71.8 Å². The maximum absolute atomic E-state index is 5.22. The van der Waals surface area contributed by atoms with E-state index in [4.69, 9.17) is 9.47 Å². The summed E-state index contributed by atoms with van der Waals surface area (Å²) < 4.78 is 10.4. The van der Waals surface area contributed by atoms with Gasteiger partial charge in [-0.3, -0.25) is 0 Å². The summed E-state index contributed by atoms with van der Waals surface area (Å²) in [6.45, 7) is 0. The van der Waals surface area contributed by atoms with Gasteiger partial charge in [0.1, 0.15) is 11.5 Å². The second-order valence-corrected chi connectivity index (χ2v) is 4.96. The molecule has 1 aliphatic rings. The van der Waals surface area contributed by atoms with Gasteiger partial charge >= 0.3 is 0 Å². The summed E-state index contributed by atoms with van der Waals surface area (Å²) in [5.74, 6) is 1.77. The van der Waals surface area contributed by atoms with E-state index in [1.807, 2.05) is 24.3 Å². The summed E-state index contributed by atoms with van der Waals surface area (Å²) in [5.41, 5.74) is 5.09. The number of hydrogen-bond donors (Lipinski definition) is 0. The maximum atomic E-state index is 5.22. The minimum atomic E-state index is 0.882. The van der Waals surface area contributed by atoms with Crippen LogP contribution in [0.25, 0.3) is 11.1 Å². The van der Waals surface area contributed by atoms with E-state index in [-0.39, 0.29) is 0 Å². The van der Waals surface area contributed by atoms with Gasteiger partial charge < -0.3 is 9.47 Å². The van der Waals surface area contributed by atoms with E-state index in [0.717, 1.165) is 17.9 Å². The highest BCUT2D eigenvalue weighted by Gasteiger charge is 2.13. The van der Waals surface area contributed by atoms with Gasteiger partial charge in [-0.1, -0.05) is 36.4 Å². The lowest BCUT2D eigenvalue weighted by Crippen LogP contribution is -1.89. The fourth-order valence-electron chi connectivity index (χ4n) is 2.61. The smallest absolute Gasteiger partial charge is 0.118 e. The first-order chi connectivity index (χ1) is 10.3. The Labute approximate surface area is 125 Å². The molecule has 0 heterocycles. The number of allylic oxidation sites excluding steroid dienone is 4. The highest BCUT2D eigenvalue weighted by atomic mass is 16.5. The standard InChI is InChI=1S/C19H18O2/c1-20-16-10-6-14(7-11-16)18-4-3-5-19(18)15-8-12-17(21-2)13-9-15/h3-4,6-13H,5H2,1-2H3. The SMILES string of the molecule is COc1ccc(C2=C(c3ccc(OC)cc3)CC=C2)cc1. The molecule has 0 amide bonds. The average molecular weight is 278 g/mol. The Hall–Kier alpha value is -2.48. The summed E-state index contributed by atoms with van der Waals surface area (Å²) in [6, 6.07) is 16.5. The lowest BCUT2D eigenvalue weighted by atomic mass is 9.96. The van der Waals surface area contributed by atoms with Crippen LogP contribution < -0.4 is 9.47 Å². The van der Waals surface area contributed by atoms with E-state index >= 15 is 0 Å². The van der Waals surface area contributed by atoms with Gasteiger partial charge in [-0.25, -0.2) is 0 Å². The quantitative estimate of drug-likeness (QED) is 0.815. The van der Waals surface area contributed by atoms with E-state index in [1.165, 1.54) is 22.3 Å². The van der Waals surface area contributed by atoms with Crippen molar-refractivity contribution in [3.63, 3.8) is 0 Å². The Balaban J connectivity index is 1.98. The maximum Gasteiger partial charge on any atom is 0.118 e. The minimum absolute atomic E-state index is 0.882. The van der Waals surface area contributed by atoms with Crippen LogP contribution in [0.1, 0.15) is 17.5 Å². The van der Waals surface area contributed by atoms with E-state index in [0.29, 0.717) is 0 Å². The molecule has 0 aromatic heterocycles. The van der Waals surface area contributed by atoms with Gasteiger partial charge in [0.25, 0.3) is 0 Å². The van der Waals surface area contributed by atoms with Gasteiger partial charge in [-0.05, 0) is 53.0 Å². The van der Waals surface area contributed by atoms with Crippen molar-refractivity contribution in [3.8, 4) is 11.5 Å². The molecule has 0 saturated heterocycles. The molecule has 0 atom stereocenters. The van der Waals surface area contributed by atoms with Crippen LogP contribution in [-0.4, -0.2) is 14.2 Å². The minimum Gasteiger partial charge on any atom is -0.497 e. The van der Waals surface area contributed by atoms with E-state index in [1.54, 1.807) is 14.2 Å². The predicted molar refractivity (Wildman–Crippen MR) is 86.6 cm³/mol. The van der Waals surface area contributed by atoms with Crippen LogP contribution in [0.4, 0.5) is 0 Å². The van der Waals surface area contributed by atoms with Crippen molar-refractivity contribution in [2.45, 2.75) is 6.42 Å². The third-order valence-corrected chi connectivity index (χ3v) is 3.77. The van der Waals surface area contributed by atoms with Crippen molar-refractivity contribution in [1.82, 2.24) is 0 Å². The highest BCUT2D eigenvalue weighted by molar-refractivity contribution is 5.98. The first-order valence-electron chi connectivity index (χ1n) is 7.00. The summed E-state index contributed by atoms with van der Waals surface area (Å²) >= 11 is 0. The first kappa shape index (κ1) is 13.5. The zero-order chi connectivity index (χ0) is 14.7. The largest absolute Gasteiger partial charge is 0.497 e. The Morgan fingerprint density at radius 2 is 1.24 bits per heavy atom. The molecule has 0 saturated carbocycles. The van der Waals surface area contributed by atoms with Crippen LogP contribution in [0.2, 0.25) is 0 Å².